The number of hydrogen-bond acceptors (Lipinski definition) is 1. The molecular formula is C16H25ClIN3. The first-order valence-corrected chi connectivity index (χ1v) is 7.58. The van der Waals surface area contributed by atoms with Gasteiger partial charge in [-0.2, -0.15) is 0 Å². The number of nitrogens with one attached hydrogen (secondary N) is 1. The molecule has 0 saturated carbocycles. The molecule has 1 aromatic carbocycles. The number of nitrogens with zero attached hydrogens (tertiary/aromatic N) is 2. The maximum Gasteiger partial charge on any atom is 0.193 e. The lowest BCUT2D eigenvalue weighted by Gasteiger charge is -2.23. The Labute approximate surface area is 150 Å². The van der Waals surface area contributed by atoms with Crippen LogP contribution in [0, 0.1) is 5.41 Å². The van der Waals surface area contributed by atoms with Gasteiger partial charge in [-0.15, -0.1) is 24.0 Å². The summed E-state index contributed by atoms with van der Waals surface area (Å²) in [6, 6.07) is 8.03. The Bertz CT molecular complexity index is 488. The average molecular weight is 422 g/mol. The summed E-state index contributed by atoms with van der Waals surface area (Å²) in [7, 11) is 1.85. The van der Waals surface area contributed by atoms with Crippen molar-refractivity contribution in [3.8, 4) is 0 Å². The molecule has 0 amide bonds. The maximum atomic E-state index is 6.00. The molecule has 0 aliphatic carbocycles. The standard InChI is InChI=1S/C16H24ClN3.HI/c1-16(2)8-10-20(12-16)15(18-3)19-9-7-13-5-4-6-14(17)11-13;/h4-6,11H,7-10,12H2,1-3H3,(H,18,19);1H. The van der Waals surface area contributed by atoms with E-state index in [2.05, 4.69) is 35.1 Å². The monoisotopic (exact) mass is 421 g/mol. The molecule has 0 atom stereocenters. The Balaban J connectivity index is 0.00000220. The van der Waals surface area contributed by atoms with E-state index in [0.29, 0.717) is 5.41 Å². The van der Waals surface area contributed by atoms with E-state index in [-0.39, 0.29) is 24.0 Å². The van der Waals surface area contributed by atoms with Crippen molar-refractivity contribution < 1.29 is 0 Å². The minimum absolute atomic E-state index is 0. The summed E-state index contributed by atoms with van der Waals surface area (Å²) < 4.78 is 0. The predicted octanol–water partition coefficient (Wildman–Crippen LogP) is 3.81. The molecular weight excluding hydrogens is 397 g/mol. The molecule has 0 unspecified atom stereocenters. The molecule has 5 heteroatoms. The van der Waals surface area contributed by atoms with Crippen LogP contribution in [0.25, 0.3) is 0 Å². The summed E-state index contributed by atoms with van der Waals surface area (Å²) >= 11 is 6.00. The summed E-state index contributed by atoms with van der Waals surface area (Å²) in [6.07, 6.45) is 2.18. The minimum atomic E-state index is 0. The Morgan fingerprint density at radius 3 is 2.76 bits per heavy atom. The highest BCUT2D eigenvalue weighted by Crippen LogP contribution is 2.28. The van der Waals surface area contributed by atoms with Crippen LogP contribution in [-0.4, -0.2) is 37.5 Å². The van der Waals surface area contributed by atoms with Gasteiger partial charge in [0.15, 0.2) is 5.96 Å². The molecule has 21 heavy (non-hydrogen) atoms. The fraction of sp³-hybridized carbons (Fsp3) is 0.562. The van der Waals surface area contributed by atoms with Crippen LogP contribution in [0.3, 0.4) is 0 Å². The van der Waals surface area contributed by atoms with Crippen molar-refractivity contribution in [3.63, 3.8) is 0 Å². The Morgan fingerprint density at radius 1 is 1.43 bits per heavy atom. The van der Waals surface area contributed by atoms with Gasteiger partial charge in [0, 0.05) is 31.7 Å². The SMILES string of the molecule is CN=C(NCCc1cccc(Cl)c1)N1CCC(C)(C)C1.I. The highest BCUT2D eigenvalue weighted by atomic mass is 127. The third-order valence-corrected chi connectivity index (χ3v) is 4.01. The number of benzene rings is 1. The van der Waals surface area contributed by atoms with Crippen molar-refractivity contribution >= 4 is 41.5 Å². The van der Waals surface area contributed by atoms with Crippen LogP contribution < -0.4 is 5.32 Å². The van der Waals surface area contributed by atoms with E-state index in [9.17, 15) is 0 Å². The van der Waals surface area contributed by atoms with Crippen LogP contribution >= 0.6 is 35.6 Å². The Kier molecular flexibility index (Phi) is 7.27. The summed E-state index contributed by atoms with van der Waals surface area (Å²) in [5.41, 5.74) is 1.65. The largest absolute Gasteiger partial charge is 0.356 e. The van der Waals surface area contributed by atoms with Crippen molar-refractivity contribution in [1.29, 1.82) is 0 Å². The van der Waals surface area contributed by atoms with E-state index in [1.165, 1.54) is 12.0 Å². The number of likely N-dealkylation sites (tertiary alicyclic amines) is 1. The number of hydrogen-bond donors (Lipinski definition) is 1. The van der Waals surface area contributed by atoms with Gasteiger partial charge in [0.1, 0.15) is 0 Å². The molecule has 1 aromatic rings. The van der Waals surface area contributed by atoms with E-state index >= 15 is 0 Å². The van der Waals surface area contributed by atoms with E-state index in [1.807, 2.05) is 25.2 Å². The summed E-state index contributed by atoms with van der Waals surface area (Å²) in [6.45, 7) is 7.66. The second-order valence-corrected chi connectivity index (χ2v) is 6.63. The van der Waals surface area contributed by atoms with Crippen molar-refractivity contribution in [2.45, 2.75) is 26.7 Å². The number of rotatable bonds is 3. The summed E-state index contributed by atoms with van der Waals surface area (Å²) in [5, 5.41) is 4.25. The molecule has 2 rings (SSSR count). The quantitative estimate of drug-likeness (QED) is 0.457. The van der Waals surface area contributed by atoms with Gasteiger partial charge in [-0.3, -0.25) is 4.99 Å². The fourth-order valence-corrected chi connectivity index (χ4v) is 2.85. The zero-order valence-corrected chi connectivity index (χ0v) is 16.1. The first-order valence-electron chi connectivity index (χ1n) is 7.20. The van der Waals surface area contributed by atoms with Gasteiger partial charge in [-0.05, 0) is 36.0 Å². The Morgan fingerprint density at radius 2 is 2.19 bits per heavy atom. The summed E-state index contributed by atoms with van der Waals surface area (Å²) in [4.78, 5) is 6.73. The number of halogens is 2. The van der Waals surface area contributed by atoms with Crippen LogP contribution in [0.1, 0.15) is 25.8 Å². The summed E-state index contributed by atoms with van der Waals surface area (Å²) in [5.74, 6) is 1.01. The molecule has 0 spiro atoms. The smallest absolute Gasteiger partial charge is 0.193 e. The highest BCUT2D eigenvalue weighted by Gasteiger charge is 2.30. The molecule has 1 heterocycles. The van der Waals surface area contributed by atoms with E-state index in [4.69, 9.17) is 11.6 Å². The molecule has 1 fully saturated rings. The zero-order chi connectivity index (χ0) is 14.6. The van der Waals surface area contributed by atoms with Gasteiger partial charge in [0.05, 0.1) is 0 Å². The van der Waals surface area contributed by atoms with Crippen molar-refractivity contribution in [3.05, 3.63) is 34.9 Å². The first-order chi connectivity index (χ1) is 9.50. The topological polar surface area (TPSA) is 27.6 Å². The molecule has 1 saturated heterocycles. The van der Waals surface area contributed by atoms with Gasteiger partial charge in [0.2, 0.25) is 0 Å². The maximum absolute atomic E-state index is 6.00. The van der Waals surface area contributed by atoms with Crippen LogP contribution in [0.4, 0.5) is 0 Å². The molecule has 1 aliphatic heterocycles. The molecule has 1 aliphatic rings. The molecule has 3 nitrogen and oxygen atoms in total. The van der Waals surface area contributed by atoms with Crippen molar-refractivity contribution in [2.75, 3.05) is 26.7 Å². The Hall–Kier alpha value is -0.490. The van der Waals surface area contributed by atoms with Crippen LogP contribution in [0.2, 0.25) is 5.02 Å². The van der Waals surface area contributed by atoms with E-state index in [1.54, 1.807) is 0 Å². The molecule has 1 N–H and O–H groups in total. The third kappa shape index (κ3) is 5.66. The van der Waals surface area contributed by atoms with Crippen LogP contribution in [-0.2, 0) is 6.42 Å². The number of guanidine groups is 1. The normalized spacial score (nSPS) is 17.5. The fourth-order valence-electron chi connectivity index (χ4n) is 2.64. The van der Waals surface area contributed by atoms with Crippen LogP contribution in [0.15, 0.2) is 29.3 Å². The second kappa shape index (κ2) is 8.22. The highest BCUT2D eigenvalue weighted by molar-refractivity contribution is 14.0. The molecule has 0 aromatic heterocycles. The van der Waals surface area contributed by atoms with Crippen molar-refractivity contribution in [2.24, 2.45) is 10.4 Å². The lowest BCUT2D eigenvalue weighted by atomic mass is 9.93. The van der Waals surface area contributed by atoms with Gasteiger partial charge in [-0.1, -0.05) is 37.6 Å². The van der Waals surface area contributed by atoms with Crippen LogP contribution in [0.5, 0.6) is 0 Å². The number of aliphatic imine (C=N–C) groups is 1. The van der Waals surface area contributed by atoms with Gasteiger partial charge in [-0.25, -0.2) is 0 Å². The third-order valence-electron chi connectivity index (χ3n) is 3.77. The molecule has 118 valence electrons. The first kappa shape index (κ1) is 18.6. The second-order valence-electron chi connectivity index (χ2n) is 6.19. The van der Waals surface area contributed by atoms with Gasteiger partial charge < -0.3 is 10.2 Å². The molecule has 0 radical (unpaired) electrons. The lowest BCUT2D eigenvalue weighted by molar-refractivity contribution is 0.370. The molecule has 0 bridgehead atoms. The minimum Gasteiger partial charge on any atom is -0.356 e. The van der Waals surface area contributed by atoms with Gasteiger partial charge in [0.25, 0.3) is 0 Å². The van der Waals surface area contributed by atoms with E-state index < -0.39 is 0 Å². The lowest BCUT2D eigenvalue weighted by Crippen LogP contribution is -2.41. The predicted molar refractivity (Wildman–Crippen MR) is 102 cm³/mol. The van der Waals surface area contributed by atoms with E-state index in [0.717, 1.165) is 37.0 Å². The van der Waals surface area contributed by atoms with Gasteiger partial charge >= 0.3 is 0 Å². The zero-order valence-electron chi connectivity index (χ0n) is 13.0. The van der Waals surface area contributed by atoms with Crippen molar-refractivity contribution in [1.82, 2.24) is 10.2 Å². The average Bonchev–Trinajstić information content (AvgIpc) is 2.75.